The molecular weight excluding hydrogens is 444 g/mol. The minimum atomic E-state index is -0.615. The zero-order chi connectivity index (χ0) is 23.4. The van der Waals surface area contributed by atoms with Gasteiger partial charge in [0.05, 0.1) is 18.6 Å². The number of hydrogen-bond acceptors (Lipinski definition) is 7. The van der Waals surface area contributed by atoms with E-state index in [9.17, 15) is 9.90 Å². The molecular formula is C24H31ClN4O4. The number of hydrogen-bond donors (Lipinski definition) is 2. The summed E-state index contributed by atoms with van der Waals surface area (Å²) in [6.07, 6.45) is 4.05. The van der Waals surface area contributed by atoms with Crippen molar-refractivity contribution in [2.75, 3.05) is 31.1 Å². The number of aromatic nitrogens is 2. The lowest BCUT2D eigenvalue weighted by Gasteiger charge is -2.20. The first-order chi connectivity index (χ1) is 15.9. The average molecular weight is 475 g/mol. The van der Waals surface area contributed by atoms with Crippen LogP contribution >= 0.6 is 11.6 Å². The van der Waals surface area contributed by atoms with Crippen LogP contribution in [0.15, 0.2) is 30.6 Å². The fourth-order valence-corrected chi connectivity index (χ4v) is 4.05. The maximum absolute atomic E-state index is 12.3. The van der Waals surface area contributed by atoms with Gasteiger partial charge in [0.1, 0.15) is 29.8 Å². The van der Waals surface area contributed by atoms with Crippen molar-refractivity contribution in [3.05, 3.63) is 41.2 Å². The lowest BCUT2D eigenvalue weighted by Crippen LogP contribution is -2.29. The summed E-state index contributed by atoms with van der Waals surface area (Å²) in [5.41, 5.74) is 0.973. The molecule has 1 saturated heterocycles. The molecule has 1 aliphatic carbocycles. The van der Waals surface area contributed by atoms with E-state index in [0.29, 0.717) is 23.3 Å². The molecule has 1 aromatic carbocycles. The Labute approximate surface area is 199 Å². The van der Waals surface area contributed by atoms with Gasteiger partial charge in [-0.15, -0.1) is 0 Å². The van der Waals surface area contributed by atoms with Crippen LogP contribution in [0.3, 0.4) is 0 Å². The molecule has 0 spiro atoms. The molecule has 2 aromatic rings. The SMILES string of the molecule is CC(O)COc1ncnc(N2CCC(Oc3ccc(C(C)C(=O)NCC4CC4)cc3)C2)c1Cl. The van der Waals surface area contributed by atoms with E-state index < -0.39 is 6.10 Å². The minimum Gasteiger partial charge on any atom is -0.489 e. The molecule has 0 radical (unpaired) electrons. The summed E-state index contributed by atoms with van der Waals surface area (Å²) in [6.45, 7) is 5.83. The summed E-state index contributed by atoms with van der Waals surface area (Å²) in [7, 11) is 0. The third-order valence-electron chi connectivity index (χ3n) is 5.98. The topological polar surface area (TPSA) is 96.8 Å². The number of benzene rings is 1. The zero-order valence-corrected chi connectivity index (χ0v) is 19.8. The maximum Gasteiger partial charge on any atom is 0.238 e. The van der Waals surface area contributed by atoms with Crippen molar-refractivity contribution in [2.45, 2.75) is 51.2 Å². The van der Waals surface area contributed by atoms with Crippen molar-refractivity contribution in [1.82, 2.24) is 15.3 Å². The molecule has 33 heavy (non-hydrogen) atoms. The summed E-state index contributed by atoms with van der Waals surface area (Å²) in [4.78, 5) is 22.8. The largest absolute Gasteiger partial charge is 0.489 e. The highest BCUT2D eigenvalue weighted by atomic mass is 35.5. The van der Waals surface area contributed by atoms with Gasteiger partial charge in [-0.2, -0.15) is 0 Å². The molecule has 1 aromatic heterocycles. The van der Waals surface area contributed by atoms with Crippen LogP contribution in [0.1, 0.15) is 44.6 Å². The van der Waals surface area contributed by atoms with Crippen molar-refractivity contribution in [3.63, 3.8) is 0 Å². The highest BCUT2D eigenvalue weighted by Gasteiger charge is 2.28. The minimum absolute atomic E-state index is 0.0111. The normalized spacial score (nSPS) is 19.8. The summed E-state index contributed by atoms with van der Waals surface area (Å²) in [6, 6.07) is 7.75. The number of amides is 1. The fraction of sp³-hybridized carbons (Fsp3) is 0.542. The Hall–Kier alpha value is -2.58. The first-order valence-corrected chi connectivity index (χ1v) is 11.9. The molecule has 8 nitrogen and oxygen atoms in total. The summed E-state index contributed by atoms with van der Waals surface area (Å²) >= 11 is 6.45. The second kappa shape index (κ2) is 10.6. The van der Waals surface area contributed by atoms with Crippen LogP contribution in [0.25, 0.3) is 0 Å². The van der Waals surface area contributed by atoms with Crippen molar-refractivity contribution in [1.29, 1.82) is 0 Å². The van der Waals surface area contributed by atoms with Crippen molar-refractivity contribution < 1.29 is 19.4 Å². The molecule has 2 N–H and O–H groups in total. The highest BCUT2D eigenvalue weighted by molar-refractivity contribution is 6.34. The van der Waals surface area contributed by atoms with Crippen LogP contribution in [0.2, 0.25) is 5.02 Å². The molecule has 2 heterocycles. The maximum atomic E-state index is 12.3. The molecule has 2 aliphatic rings. The quantitative estimate of drug-likeness (QED) is 0.545. The van der Waals surface area contributed by atoms with E-state index in [1.165, 1.54) is 19.2 Å². The van der Waals surface area contributed by atoms with Gasteiger partial charge in [0.25, 0.3) is 0 Å². The van der Waals surface area contributed by atoms with Crippen molar-refractivity contribution in [3.8, 4) is 11.6 Å². The van der Waals surface area contributed by atoms with Gasteiger partial charge in [0.2, 0.25) is 11.8 Å². The van der Waals surface area contributed by atoms with Crippen LogP contribution in [0.5, 0.6) is 11.6 Å². The first-order valence-electron chi connectivity index (χ1n) is 11.5. The molecule has 3 atom stereocenters. The summed E-state index contributed by atoms with van der Waals surface area (Å²) in [5.74, 6) is 2.18. The first kappa shape index (κ1) is 23.6. The predicted molar refractivity (Wildman–Crippen MR) is 126 cm³/mol. The monoisotopic (exact) mass is 474 g/mol. The van der Waals surface area contributed by atoms with Gasteiger partial charge in [-0.25, -0.2) is 9.97 Å². The second-order valence-corrected chi connectivity index (χ2v) is 9.31. The Kier molecular flexibility index (Phi) is 7.55. The molecule has 9 heteroatoms. The Morgan fingerprint density at radius 1 is 1.24 bits per heavy atom. The van der Waals surface area contributed by atoms with E-state index in [4.69, 9.17) is 21.1 Å². The van der Waals surface area contributed by atoms with Crippen molar-refractivity contribution in [2.24, 2.45) is 5.92 Å². The molecule has 1 amide bonds. The number of aliphatic hydroxyl groups is 1. The molecule has 2 fully saturated rings. The number of halogens is 1. The zero-order valence-electron chi connectivity index (χ0n) is 19.0. The van der Waals surface area contributed by atoms with E-state index >= 15 is 0 Å². The molecule has 0 bridgehead atoms. The molecule has 3 unspecified atom stereocenters. The Morgan fingerprint density at radius 3 is 2.70 bits per heavy atom. The lowest BCUT2D eigenvalue weighted by atomic mass is 10.0. The number of nitrogens with one attached hydrogen (secondary N) is 1. The number of carbonyl (C=O) groups excluding carboxylic acids is 1. The number of carbonyl (C=O) groups is 1. The van der Waals surface area contributed by atoms with Gasteiger partial charge >= 0.3 is 0 Å². The molecule has 1 saturated carbocycles. The van der Waals surface area contributed by atoms with Gasteiger partial charge < -0.3 is 24.8 Å². The summed E-state index contributed by atoms with van der Waals surface area (Å²) in [5, 5.41) is 12.8. The van der Waals surface area contributed by atoms with Gasteiger partial charge in [-0.05, 0) is 50.3 Å². The van der Waals surface area contributed by atoms with Gasteiger partial charge in [-0.3, -0.25) is 4.79 Å². The Morgan fingerprint density at radius 2 is 2.00 bits per heavy atom. The standard InChI is InChI=1S/C24H31ClN4O4/c1-15(30)13-32-24-21(25)22(27-14-28-24)29-10-9-20(12-29)33-19-7-5-18(6-8-19)16(2)23(31)26-11-17-3-4-17/h5-8,14-17,20,30H,3-4,9-13H2,1-2H3,(H,26,31). The lowest BCUT2D eigenvalue weighted by molar-refractivity contribution is -0.122. The number of anilines is 1. The highest BCUT2D eigenvalue weighted by Crippen LogP contribution is 2.33. The van der Waals surface area contributed by atoms with Crippen LogP contribution in [-0.2, 0) is 4.79 Å². The van der Waals surface area contributed by atoms with Crippen molar-refractivity contribution >= 4 is 23.3 Å². The van der Waals surface area contributed by atoms with E-state index in [-0.39, 0.29) is 30.4 Å². The third-order valence-corrected chi connectivity index (χ3v) is 6.31. The van der Waals surface area contributed by atoms with Crippen LogP contribution in [0, 0.1) is 5.92 Å². The fourth-order valence-electron chi connectivity index (χ4n) is 3.78. The molecule has 1 aliphatic heterocycles. The predicted octanol–water partition coefficient (Wildman–Crippen LogP) is 3.18. The number of nitrogens with zero attached hydrogens (tertiary/aromatic N) is 3. The second-order valence-electron chi connectivity index (χ2n) is 8.93. The van der Waals surface area contributed by atoms with E-state index in [2.05, 4.69) is 15.3 Å². The van der Waals surface area contributed by atoms with E-state index in [0.717, 1.165) is 30.8 Å². The van der Waals surface area contributed by atoms with E-state index in [1.807, 2.05) is 36.1 Å². The smallest absolute Gasteiger partial charge is 0.238 e. The van der Waals surface area contributed by atoms with Crippen LogP contribution < -0.4 is 19.7 Å². The van der Waals surface area contributed by atoms with Crippen LogP contribution in [0.4, 0.5) is 5.82 Å². The number of rotatable bonds is 10. The third kappa shape index (κ3) is 6.26. The Balaban J connectivity index is 1.31. The van der Waals surface area contributed by atoms with E-state index in [1.54, 1.807) is 6.92 Å². The van der Waals surface area contributed by atoms with Gasteiger partial charge in [0, 0.05) is 19.5 Å². The number of aliphatic hydroxyl groups excluding tert-OH is 1. The molecule has 4 rings (SSSR count). The summed E-state index contributed by atoms with van der Waals surface area (Å²) < 4.78 is 11.6. The number of ether oxygens (including phenoxy) is 2. The van der Waals surface area contributed by atoms with Gasteiger partial charge in [0.15, 0.2) is 5.82 Å². The van der Waals surface area contributed by atoms with Crippen LogP contribution in [-0.4, -0.2) is 59.4 Å². The Bertz CT molecular complexity index is 952. The van der Waals surface area contributed by atoms with Gasteiger partial charge in [-0.1, -0.05) is 23.7 Å². The molecule has 178 valence electrons. The average Bonchev–Trinajstić information content (AvgIpc) is 3.53.